The fraction of sp³-hybridized carbons (Fsp3) is 0.115. The van der Waals surface area contributed by atoms with Gasteiger partial charge in [-0.15, -0.1) is 0 Å². The zero-order valence-corrected chi connectivity index (χ0v) is 17.4. The lowest BCUT2D eigenvalue weighted by Crippen LogP contribution is -2.34. The van der Waals surface area contributed by atoms with Gasteiger partial charge in [0.2, 0.25) is 11.4 Å². The Morgan fingerprint density at radius 2 is 0.848 bits per heavy atom. The van der Waals surface area contributed by atoms with Crippen LogP contribution in [0.2, 0.25) is 0 Å². The predicted octanol–water partition coefficient (Wildman–Crippen LogP) is 7.55. The summed E-state index contributed by atoms with van der Waals surface area (Å²) in [5.41, 5.74) is 0.264. The number of halogens is 6. The SMILES string of the molecule is C[n+]1c(-c2ccccc2)cc(-c2cc(C(F)(F)F)cc(C(F)(F)F)c2)cc1-c1ccccc1. The number of hydrogen-bond acceptors (Lipinski definition) is 0. The van der Waals surface area contributed by atoms with E-state index >= 15 is 0 Å². The summed E-state index contributed by atoms with van der Waals surface area (Å²) in [7, 11) is 1.81. The molecule has 0 fully saturated rings. The minimum absolute atomic E-state index is 0.142. The summed E-state index contributed by atoms with van der Waals surface area (Å²) >= 11 is 0. The first-order valence-electron chi connectivity index (χ1n) is 9.99. The summed E-state index contributed by atoms with van der Waals surface area (Å²) in [6.45, 7) is 0. The van der Waals surface area contributed by atoms with Crippen LogP contribution in [0.4, 0.5) is 26.3 Å². The van der Waals surface area contributed by atoms with Gasteiger partial charge in [-0.3, -0.25) is 0 Å². The van der Waals surface area contributed by atoms with E-state index in [1.165, 1.54) is 0 Å². The molecule has 1 heterocycles. The Bertz CT molecular complexity index is 1180. The van der Waals surface area contributed by atoms with Crippen LogP contribution >= 0.6 is 0 Å². The van der Waals surface area contributed by atoms with E-state index in [0.717, 1.165) is 23.3 Å². The van der Waals surface area contributed by atoms with Crippen molar-refractivity contribution in [3.63, 3.8) is 0 Å². The van der Waals surface area contributed by atoms with Gasteiger partial charge < -0.3 is 0 Å². The predicted molar refractivity (Wildman–Crippen MR) is 114 cm³/mol. The average molecular weight is 458 g/mol. The van der Waals surface area contributed by atoms with Crippen molar-refractivity contribution in [1.29, 1.82) is 0 Å². The van der Waals surface area contributed by atoms with E-state index in [-0.39, 0.29) is 17.2 Å². The zero-order valence-electron chi connectivity index (χ0n) is 17.4. The number of aromatic nitrogens is 1. The highest BCUT2D eigenvalue weighted by molar-refractivity contribution is 5.74. The van der Waals surface area contributed by atoms with Crippen LogP contribution in [0.3, 0.4) is 0 Å². The summed E-state index contributed by atoms with van der Waals surface area (Å²) in [6.07, 6.45) is -9.83. The highest BCUT2D eigenvalue weighted by Crippen LogP contribution is 2.39. The maximum Gasteiger partial charge on any atom is 0.416 e. The molecule has 0 aliphatic rings. The molecule has 0 saturated carbocycles. The van der Waals surface area contributed by atoms with E-state index in [1.54, 1.807) is 12.1 Å². The first-order valence-corrected chi connectivity index (χ1v) is 9.99. The van der Waals surface area contributed by atoms with Crippen LogP contribution in [-0.2, 0) is 19.4 Å². The first kappa shape index (κ1) is 22.6. The monoisotopic (exact) mass is 458 g/mol. The standard InChI is InChI=1S/C26H18F6N/c1-33-23(17-8-4-2-5-9-17)14-20(15-24(33)18-10-6-3-7-11-18)19-12-21(25(27,28)29)16-22(13-19)26(30,31)32/h2-16H,1H3/q+1. The van der Waals surface area contributed by atoms with Crippen molar-refractivity contribution in [2.24, 2.45) is 7.05 Å². The molecule has 0 amide bonds. The van der Waals surface area contributed by atoms with Gasteiger partial charge in [-0.1, -0.05) is 36.4 Å². The second kappa shape index (κ2) is 8.39. The van der Waals surface area contributed by atoms with Gasteiger partial charge in [-0.05, 0) is 53.6 Å². The van der Waals surface area contributed by atoms with Crippen LogP contribution in [0, 0.1) is 0 Å². The molecule has 1 aromatic heterocycles. The second-order valence-corrected chi connectivity index (χ2v) is 7.60. The molecule has 0 spiro atoms. The third kappa shape index (κ3) is 4.77. The Morgan fingerprint density at radius 1 is 0.485 bits per heavy atom. The Balaban J connectivity index is 2.02. The lowest BCUT2D eigenvalue weighted by molar-refractivity contribution is -0.649. The maximum atomic E-state index is 13.4. The lowest BCUT2D eigenvalue weighted by atomic mass is 9.96. The number of alkyl halides is 6. The number of benzene rings is 3. The number of nitrogens with zero attached hydrogens (tertiary/aromatic N) is 1. The Labute approximate surface area is 186 Å². The van der Waals surface area contributed by atoms with E-state index < -0.39 is 23.5 Å². The molecule has 0 radical (unpaired) electrons. The van der Waals surface area contributed by atoms with Crippen LogP contribution in [0.25, 0.3) is 33.6 Å². The molecule has 0 N–H and O–H groups in total. The minimum atomic E-state index is -4.92. The summed E-state index contributed by atoms with van der Waals surface area (Å²) in [5, 5.41) is 0. The van der Waals surface area contributed by atoms with Crippen molar-refractivity contribution in [3.05, 3.63) is 102 Å². The van der Waals surface area contributed by atoms with E-state index in [9.17, 15) is 26.3 Å². The summed E-state index contributed by atoms with van der Waals surface area (Å²) in [5.74, 6) is 0. The lowest BCUT2D eigenvalue weighted by Gasteiger charge is -2.15. The topological polar surface area (TPSA) is 3.88 Å². The van der Waals surface area contributed by atoms with E-state index in [1.807, 2.05) is 72.3 Å². The summed E-state index contributed by atoms with van der Waals surface area (Å²) < 4.78 is 82.5. The van der Waals surface area contributed by atoms with Crippen molar-refractivity contribution in [1.82, 2.24) is 0 Å². The van der Waals surface area contributed by atoms with E-state index in [2.05, 4.69) is 0 Å². The molecule has 0 bridgehead atoms. The van der Waals surface area contributed by atoms with Crippen LogP contribution in [0.1, 0.15) is 11.1 Å². The van der Waals surface area contributed by atoms with Gasteiger partial charge >= 0.3 is 12.4 Å². The van der Waals surface area contributed by atoms with Gasteiger partial charge in [0.05, 0.1) is 11.1 Å². The van der Waals surface area contributed by atoms with Crippen molar-refractivity contribution >= 4 is 0 Å². The molecule has 4 rings (SSSR count). The average Bonchev–Trinajstić information content (AvgIpc) is 2.79. The van der Waals surface area contributed by atoms with E-state index in [0.29, 0.717) is 11.4 Å². The Hall–Kier alpha value is -3.61. The van der Waals surface area contributed by atoms with Crippen molar-refractivity contribution < 1.29 is 30.9 Å². The molecular formula is C26H18F6N+. The first-order chi connectivity index (χ1) is 15.5. The number of pyridine rings is 1. The zero-order chi connectivity index (χ0) is 23.8. The Morgan fingerprint density at radius 3 is 1.21 bits per heavy atom. The molecule has 33 heavy (non-hydrogen) atoms. The van der Waals surface area contributed by atoms with Crippen molar-refractivity contribution in [3.8, 4) is 33.6 Å². The molecule has 168 valence electrons. The largest absolute Gasteiger partial charge is 0.416 e. The molecule has 0 atom stereocenters. The van der Waals surface area contributed by atoms with Gasteiger partial charge in [-0.2, -0.15) is 30.9 Å². The highest BCUT2D eigenvalue weighted by atomic mass is 19.4. The molecule has 0 aliphatic heterocycles. The Kier molecular flexibility index (Phi) is 5.74. The summed E-state index contributed by atoms with van der Waals surface area (Å²) in [6, 6.07) is 23.1. The molecule has 1 nitrogen and oxygen atoms in total. The molecule has 0 unspecified atom stereocenters. The quantitative estimate of drug-likeness (QED) is 0.220. The van der Waals surface area contributed by atoms with Crippen molar-refractivity contribution in [2.45, 2.75) is 12.4 Å². The van der Waals surface area contributed by atoms with Crippen LogP contribution in [0.15, 0.2) is 91.0 Å². The smallest absolute Gasteiger partial charge is 0.194 e. The minimum Gasteiger partial charge on any atom is -0.194 e. The van der Waals surface area contributed by atoms with Crippen molar-refractivity contribution in [2.75, 3.05) is 0 Å². The molecule has 7 heteroatoms. The third-order valence-electron chi connectivity index (χ3n) is 5.37. The van der Waals surface area contributed by atoms with Crippen LogP contribution in [0.5, 0.6) is 0 Å². The van der Waals surface area contributed by atoms with Gasteiger partial charge in [0, 0.05) is 23.3 Å². The normalized spacial score (nSPS) is 12.1. The summed E-state index contributed by atoms with van der Waals surface area (Å²) in [4.78, 5) is 0. The van der Waals surface area contributed by atoms with Gasteiger partial charge in [0.1, 0.15) is 7.05 Å². The maximum absolute atomic E-state index is 13.4. The van der Waals surface area contributed by atoms with Gasteiger partial charge in [0.15, 0.2) is 0 Å². The molecule has 3 aromatic carbocycles. The van der Waals surface area contributed by atoms with Gasteiger partial charge in [0.25, 0.3) is 0 Å². The third-order valence-corrected chi connectivity index (χ3v) is 5.37. The van der Waals surface area contributed by atoms with Crippen LogP contribution in [-0.4, -0.2) is 0 Å². The number of rotatable bonds is 3. The molecule has 0 aliphatic carbocycles. The molecule has 4 aromatic rings. The van der Waals surface area contributed by atoms with E-state index in [4.69, 9.17) is 0 Å². The molecular weight excluding hydrogens is 440 g/mol. The number of hydrogen-bond donors (Lipinski definition) is 0. The fourth-order valence-corrected chi connectivity index (χ4v) is 3.72. The second-order valence-electron chi connectivity index (χ2n) is 7.60. The fourth-order valence-electron chi connectivity index (χ4n) is 3.72. The molecule has 0 saturated heterocycles. The van der Waals surface area contributed by atoms with Gasteiger partial charge in [-0.25, -0.2) is 0 Å². The highest BCUT2D eigenvalue weighted by Gasteiger charge is 2.37. The van der Waals surface area contributed by atoms with Crippen LogP contribution < -0.4 is 4.57 Å².